The number of alkyl halides is 2. The van der Waals surface area contributed by atoms with E-state index in [2.05, 4.69) is 25.0 Å². The van der Waals surface area contributed by atoms with Gasteiger partial charge in [-0.15, -0.1) is 0 Å². The summed E-state index contributed by atoms with van der Waals surface area (Å²) in [6.07, 6.45) is 2.08. The molecule has 0 unspecified atom stereocenters. The summed E-state index contributed by atoms with van der Waals surface area (Å²) >= 11 is 0. The van der Waals surface area contributed by atoms with Crippen molar-refractivity contribution < 1.29 is 22.3 Å². The Labute approximate surface area is 158 Å². The molecule has 2 aromatic rings. The van der Waals surface area contributed by atoms with Crippen molar-refractivity contribution in [3.63, 3.8) is 0 Å². The molecule has 7 nitrogen and oxygen atoms in total. The van der Waals surface area contributed by atoms with Gasteiger partial charge in [0.15, 0.2) is 23.9 Å². The first-order chi connectivity index (χ1) is 13.2. The SMILES string of the molecule is CCc1nc(C2=NCc3cc(F)c([C@@]4(C)N=C(N)OCC4(F)F)cc3N2)co1. The minimum Gasteiger partial charge on any atom is -0.459 e. The number of hydrogen-bond donors (Lipinski definition) is 2. The predicted molar refractivity (Wildman–Crippen MR) is 96.0 cm³/mol. The van der Waals surface area contributed by atoms with Crippen LogP contribution in [-0.2, 0) is 23.2 Å². The molecule has 0 saturated carbocycles. The fourth-order valence-corrected chi connectivity index (χ4v) is 3.19. The second-order valence-electron chi connectivity index (χ2n) is 6.77. The second-order valence-corrected chi connectivity index (χ2v) is 6.77. The first-order valence-corrected chi connectivity index (χ1v) is 8.68. The molecule has 2 aliphatic rings. The minimum atomic E-state index is -3.45. The number of fused-ring (bicyclic) bond motifs is 1. The van der Waals surface area contributed by atoms with Crippen molar-refractivity contribution in [3.05, 3.63) is 46.9 Å². The maximum atomic E-state index is 14.8. The summed E-state index contributed by atoms with van der Waals surface area (Å²) in [6, 6.07) is 2.09. The molecule has 148 valence electrons. The molecule has 0 saturated heterocycles. The number of rotatable bonds is 3. The van der Waals surface area contributed by atoms with Crippen LogP contribution < -0.4 is 11.1 Å². The van der Waals surface area contributed by atoms with Crippen molar-refractivity contribution >= 4 is 17.5 Å². The van der Waals surface area contributed by atoms with Crippen molar-refractivity contribution in [2.45, 2.75) is 38.3 Å². The van der Waals surface area contributed by atoms with Crippen molar-refractivity contribution in [1.29, 1.82) is 0 Å². The van der Waals surface area contributed by atoms with Crippen molar-refractivity contribution in [2.75, 3.05) is 11.9 Å². The highest BCUT2D eigenvalue weighted by Crippen LogP contribution is 2.45. The zero-order chi connectivity index (χ0) is 20.1. The van der Waals surface area contributed by atoms with E-state index in [0.29, 0.717) is 35.1 Å². The summed E-state index contributed by atoms with van der Waals surface area (Å²) in [6.45, 7) is 2.23. The maximum Gasteiger partial charge on any atom is 0.310 e. The third kappa shape index (κ3) is 2.79. The number of aromatic nitrogens is 1. The molecule has 3 N–H and O–H groups in total. The number of hydrogen-bond acceptors (Lipinski definition) is 7. The van der Waals surface area contributed by atoms with Gasteiger partial charge in [-0.25, -0.2) is 14.4 Å². The molecule has 2 aliphatic heterocycles. The van der Waals surface area contributed by atoms with Crippen LogP contribution in [-0.4, -0.2) is 29.4 Å². The number of benzene rings is 1. The molecule has 28 heavy (non-hydrogen) atoms. The van der Waals surface area contributed by atoms with Crippen LogP contribution in [0.2, 0.25) is 0 Å². The van der Waals surface area contributed by atoms with Crippen LogP contribution in [0.15, 0.2) is 32.8 Å². The van der Waals surface area contributed by atoms with E-state index in [9.17, 15) is 13.2 Å². The number of nitrogens with two attached hydrogens (primary N) is 1. The minimum absolute atomic E-state index is 0.171. The smallest absolute Gasteiger partial charge is 0.310 e. The fourth-order valence-electron chi connectivity index (χ4n) is 3.19. The third-order valence-corrected chi connectivity index (χ3v) is 4.92. The molecular formula is C18H18F3N5O2. The Bertz CT molecular complexity index is 1000. The number of anilines is 1. The topological polar surface area (TPSA) is 98.0 Å². The molecule has 0 radical (unpaired) electrons. The first kappa shape index (κ1) is 18.3. The van der Waals surface area contributed by atoms with Crippen LogP contribution in [0.25, 0.3) is 0 Å². The Balaban J connectivity index is 1.74. The normalized spacial score (nSPS) is 23.2. The van der Waals surface area contributed by atoms with Crippen molar-refractivity contribution in [1.82, 2.24) is 4.98 Å². The monoisotopic (exact) mass is 393 g/mol. The average molecular weight is 393 g/mol. The van der Waals surface area contributed by atoms with Crippen LogP contribution in [0.1, 0.15) is 36.6 Å². The van der Waals surface area contributed by atoms with Gasteiger partial charge in [-0.1, -0.05) is 6.92 Å². The maximum absolute atomic E-state index is 14.8. The molecule has 0 amide bonds. The lowest BCUT2D eigenvalue weighted by Crippen LogP contribution is -2.51. The lowest BCUT2D eigenvalue weighted by Gasteiger charge is -2.38. The van der Waals surface area contributed by atoms with Crippen LogP contribution >= 0.6 is 0 Å². The van der Waals surface area contributed by atoms with Gasteiger partial charge in [-0.3, -0.25) is 4.99 Å². The highest BCUT2D eigenvalue weighted by molar-refractivity contribution is 6.08. The van der Waals surface area contributed by atoms with Crippen LogP contribution in [0, 0.1) is 5.82 Å². The third-order valence-electron chi connectivity index (χ3n) is 4.92. The summed E-state index contributed by atoms with van der Waals surface area (Å²) in [4.78, 5) is 12.4. The van der Waals surface area contributed by atoms with E-state index >= 15 is 0 Å². The molecule has 0 spiro atoms. The standard InChI is InChI=1S/C18H18F3N5O2/c1-3-14-24-13(7-27-14)15-23-6-9-4-11(19)10(5-12(9)25-15)17(2)18(20,21)8-28-16(22)26-17/h4-5,7H,3,6,8H2,1-2H3,(H2,22,26)(H,23,25)/t17-/m1/s1. The van der Waals surface area contributed by atoms with Gasteiger partial charge in [0.2, 0.25) is 0 Å². The molecule has 1 aromatic heterocycles. The van der Waals surface area contributed by atoms with Crippen molar-refractivity contribution in [3.8, 4) is 0 Å². The molecule has 4 rings (SSSR count). The highest BCUT2D eigenvalue weighted by Gasteiger charge is 2.56. The van der Waals surface area contributed by atoms with Crippen LogP contribution in [0.3, 0.4) is 0 Å². The van der Waals surface area contributed by atoms with Gasteiger partial charge in [-0.2, -0.15) is 8.78 Å². The molecule has 0 fully saturated rings. The van der Waals surface area contributed by atoms with E-state index in [4.69, 9.17) is 10.2 Å². The van der Waals surface area contributed by atoms with E-state index in [1.165, 1.54) is 18.4 Å². The highest BCUT2D eigenvalue weighted by atomic mass is 19.3. The Hall–Kier alpha value is -3.04. The van der Waals surface area contributed by atoms with Gasteiger partial charge in [0, 0.05) is 23.2 Å². The first-order valence-electron chi connectivity index (χ1n) is 8.68. The number of amidine groups is 2. The molecule has 0 bridgehead atoms. The lowest BCUT2D eigenvalue weighted by atomic mass is 9.84. The Kier molecular flexibility index (Phi) is 4.09. The van der Waals surface area contributed by atoms with Gasteiger partial charge in [0.25, 0.3) is 6.02 Å². The Morgan fingerprint density at radius 3 is 2.82 bits per heavy atom. The van der Waals surface area contributed by atoms with Gasteiger partial charge < -0.3 is 20.2 Å². The molecule has 1 aromatic carbocycles. The summed E-state index contributed by atoms with van der Waals surface area (Å²) in [5.41, 5.74) is 4.46. The number of aliphatic imine (C=N–C) groups is 2. The number of ether oxygens (including phenoxy) is 1. The summed E-state index contributed by atoms with van der Waals surface area (Å²) in [5, 5.41) is 3.02. The molecule has 10 heteroatoms. The number of oxazole rings is 1. The average Bonchev–Trinajstić information content (AvgIpc) is 3.13. The van der Waals surface area contributed by atoms with E-state index in [1.807, 2.05) is 6.92 Å². The van der Waals surface area contributed by atoms with Gasteiger partial charge in [-0.05, 0) is 19.1 Å². The molecular weight excluding hydrogens is 375 g/mol. The number of nitrogens with one attached hydrogen (secondary N) is 1. The van der Waals surface area contributed by atoms with Gasteiger partial charge in [0.05, 0.1) is 6.54 Å². The van der Waals surface area contributed by atoms with Crippen molar-refractivity contribution in [2.24, 2.45) is 15.7 Å². The molecule has 3 heterocycles. The predicted octanol–water partition coefficient (Wildman–Crippen LogP) is 2.94. The van der Waals surface area contributed by atoms with E-state index in [-0.39, 0.29) is 12.1 Å². The zero-order valence-corrected chi connectivity index (χ0v) is 15.2. The summed E-state index contributed by atoms with van der Waals surface area (Å²) < 4.78 is 53.9. The van der Waals surface area contributed by atoms with Crippen LogP contribution in [0.4, 0.5) is 18.9 Å². The van der Waals surface area contributed by atoms with E-state index < -0.39 is 29.9 Å². The number of nitrogens with zero attached hydrogens (tertiary/aromatic N) is 3. The van der Waals surface area contributed by atoms with Gasteiger partial charge >= 0.3 is 5.92 Å². The number of aryl methyl sites for hydroxylation is 1. The summed E-state index contributed by atoms with van der Waals surface area (Å²) in [7, 11) is 0. The lowest BCUT2D eigenvalue weighted by molar-refractivity contribution is -0.117. The van der Waals surface area contributed by atoms with Crippen LogP contribution in [0.5, 0.6) is 0 Å². The van der Waals surface area contributed by atoms with E-state index in [0.717, 1.165) is 6.92 Å². The van der Waals surface area contributed by atoms with E-state index in [1.54, 1.807) is 0 Å². The zero-order valence-electron chi connectivity index (χ0n) is 15.2. The Morgan fingerprint density at radius 2 is 2.11 bits per heavy atom. The quantitative estimate of drug-likeness (QED) is 0.836. The fraction of sp³-hybridized carbons (Fsp3) is 0.389. The second kappa shape index (κ2) is 6.25. The van der Waals surface area contributed by atoms with Gasteiger partial charge in [0.1, 0.15) is 17.8 Å². The largest absolute Gasteiger partial charge is 0.459 e. The Morgan fingerprint density at radius 1 is 1.32 bits per heavy atom. The molecule has 0 aliphatic carbocycles. The number of halogens is 3. The molecule has 1 atom stereocenters. The summed E-state index contributed by atoms with van der Waals surface area (Å²) in [5.74, 6) is -3.29.